The van der Waals surface area contributed by atoms with Gasteiger partial charge in [-0.3, -0.25) is 0 Å². The van der Waals surface area contributed by atoms with Crippen LogP contribution in [0.3, 0.4) is 0 Å². The van der Waals surface area contributed by atoms with Crippen LogP contribution in [0.2, 0.25) is 5.02 Å². The van der Waals surface area contributed by atoms with Crippen molar-refractivity contribution in [1.82, 2.24) is 0 Å². The highest BCUT2D eigenvalue weighted by Crippen LogP contribution is 2.49. The van der Waals surface area contributed by atoms with Crippen molar-refractivity contribution in [2.75, 3.05) is 13.2 Å². The first kappa shape index (κ1) is 11.8. The molecule has 0 radical (unpaired) electrons. The molecule has 3 rings (SSSR count). The molecule has 1 aromatic carbocycles. The molecule has 96 valence electrons. The van der Waals surface area contributed by atoms with Crippen LogP contribution in [0, 0.1) is 5.41 Å². The summed E-state index contributed by atoms with van der Waals surface area (Å²) in [6.07, 6.45) is 4.37. The number of carbonyl (C=O) groups excluding carboxylic acids is 1. The number of aldehydes is 1. The Bertz CT molecular complexity index is 480. The zero-order valence-electron chi connectivity index (χ0n) is 10.1. The molecular formula is C14H15ClO3. The number of carbonyl (C=O) groups is 1. The van der Waals surface area contributed by atoms with Crippen molar-refractivity contribution in [3.63, 3.8) is 0 Å². The summed E-state index contributed by atoms with van der Waals surface area (Å²) in [5, 5.41) is 0.644. The molecule has 4 heteroatoms. The van der Waals surface area contributed by atoms with Crippen molar-refractivity contribution < 1.29 is 14.3 Å². The van der Waals surface area contributed by atoms with Gasteiger partial charge in [0.2, 0.25) is 0 Å². The van der Waals surface area contributed by atoms with E-state index in [1.807, 2.05) is 6.07 Å². The van der Waals surface area contributed by atoms with Gasteiger partial charge in [0.05, 0.1) is 13.2 Å². The van der Waals surface area contributed by atoms with Gasteiger partial charge >= 0.3 is 0 Å². The van der Waals surface area contributed by atoms with Crippen LogP contribution >= 0.6 is 11.6 Å². The van der Waals surface area contributed by atoms with Crippen LogP contribution in [-0.2, 0) is 11.2 Å². The average Bonchev–Trinajstić information content (AvgIpc) is 3.16. The monoisotopic (exact) mass is 266 g/mol. The van der Waals surface area contributed by atoms with E-state index in [9.17, 15) is 4.79 Å². The second kappa shape index (κ2) is 4.47. The number of rotatable bonds is 3. The molecule has 1 aliphatic carbocycles. The maximum absolute atomic E-state index is 10.4. The van der Waals surface area contributed by atoms with Gasteiger partial charge < -0.3 is 14.3 Å². The first-order chi connectivity index (χ1) is 8.72. The van der Waals surface area contributed by atoms with Crippen molar-refractivity contribution in [2.45, 2.75) is 25.7 Å². The van der Waals surface area contributed by atoms with Crippen molar-refractivity contribution in [1.29, 1.82) is 0 Å². The van der Waals surface area contributed by atoms with E-state index in [1.54, 1.807) is 6.07 Å². The van der Waals surface area contributed by atoms with E-state index in [2.05, 4.69) is 0 Å². The molecule has 0 N–H and O–H groups in total. The number of halogens is 1. The summed E-state index contributed by atoms with van der Waals surface area (Å²) in [4.78, 5) is 10.4. The molecule has 0 atom stereocenters. The minimum Gasteiger partial charge on any atom is -0.489 e. The van der Waals surface area contributed by atoms with Crippen LogP contribution in [0.25, 0.3) is 0 Å². The summed E-state index contributed by atoms with van der Waals surface area (Å²) in [5.41, 5.74) is 1.17. The van der Waals surface area contributed by atoms with Crippen molar-refractivity contribution in [2.24, 2.45) is 5.41 Å². The van der Waals surface area contributed by atoms with Crippen LogP contribution in [0.5, 0.6) is 11.5 Å². The lowest BCUT2D eigenvalue weighted by molar-refractivity contribution is -0.107. The third-order valence-corrected chi connectivity index (χ3v) is 4.02. The second-order valence-electron chi connectivity index (χ2n) is 5.17. The maximum Gasteiger partial charge on any atom is 0.162 e. The van der Waals surface area contributed by atoms with Gasteiger partial charge in [-0.05, 0) is 30.9 Å². The van der Waals surface area contributed by atoms with E-state index in [-0.39, 0.29) is 5.41 Å². The zero-order chi connectivity index (χ0) is 12.6. The van der Waals surface area contributed by atoms with Gasteiger partial charge in [-0.15, -0.1) is 0 Å². The average molecular weight is 267 g/mol. The molecule has 1 saturated carbocycles. The Morgan fingerprint density at radius 1 is 1.22 bits per heavy atom. The standard InChI is InChI=1S/C14H15ClO3/c15-11-7-13-12(6-10(11)2-1-5-16)17-8-14(3-4-14)9-18-13/h5-7H,1-4,8-9H2. The minimum absolute atomic E-state index is 0.231. The van der Waals surface area contributed by atoms with E-state index in [0.29, 0.717) is 24.5 Å². The van der Waals surface area contributed by atoms with Gasteiger partial charge in [0.1, 0.15) is 6.29 Å². The molecule has 0 bridgehead atoms. The Hall–Kier alpha value is -1.22. The number of hydrogen-bond donors (Lipinski definition) is 0. The lowest BCUT2D eigenvalue weighted by Crippen LogP contribution is -2.17. The molecule has 1 spiro atoms. The zero-order valence-corrected chi connectivity index (χ0v) is 10.8. The lowest BCUT2D eigenvalue weighted by Gasteiger charge is -2.10. The van der Waals surface area contributed by atoms with Gasteiger partial charge in [0, 0.05) is 22.9 Å². The Kier molecular flexibility index (Phi) is 2.94. The molecule has 1 heterocycles. The summed E-state index contributed by atoms with van der Waals surface area (Å²) in [5.74, 6) is 1.47. The predicted molar refractivity (Wildman–Crippen MR) is 68.5 cm³/mol. The van der Waals surface area contributed by atoms with Crippen LogP contribution in [-0.4, -0.2) is 19.5 Å². The van der Waals surface area contributed by atoms with E-state index in [4.69, 9.17) is 21.1 Å². The summed E-state index contributed by atoms with van der Waals surface area (Å²) < 4.78 is 11.6. The second-order valence-corrected chi connectivity index (χ2v) is 5.58. The molecule has 0 amide bonds. The molecule has 1 aliphatic heterocycles. The van der Waals surface area contributed by atoms with Crippen LogP contribution in [0.15, 0.2) is 12.1 Å². The smallest absolute Gasteiger partial charge is 0.162 e. The van der Waals surface area contributed by atoms with E-state index >= 15 is 0 Å². The Labute approximate surface area is 111 Å². The molecular weight excluding hydrogens is 252 g/mol. The molecule has 1 aromatic rings. The Morgan fingerprint density at radius 3 is 2.50 bits per heavy atom. The third-order valence-electron chi connectivity index (χ3n) is 3.67. The number of benzene rings is 1. The molecule has 0 saturated heterocycles. The fourth-order valence-electron chi connectivity index (χ4n) is 2.18. The van der Waals surface area contributed by atoms with Gasteiger partial charge in [-0.2, -0.15) is 0 Å². The minimum atomic E-state index is 0.231. The van der Waals surface area contributed by atoms with Gasteiger partial charge in [0.15, 0.2) is 11.5 Å². The SMILES string of the molecule is O=CCCc1cc2c(cc1Cl)OCC1(CC1)CO2. The topological polar surface area (TPSA) is 35.5 Å². The van der Waals surface area contributed by atoms with E-state index in [0.717, 1.165) is 30.0 Å². The highest BCUT2D eigenvalue weighted by atomic mass is 35.5. The van der Waals surface area contributed by atoms with Gasteiger partial charge in [-0.1, -0.05) is 11.6 Å². The van der Waals surface area contributed by atoms with Crippen LogP contribution in [0.1, 0.15) is 24.8 Å². The highest BCUT2D eigenvalue weighted by molar-refractivity contribution is 6.31. The molecule has 0 aromatic heterocycles. The number of aryl methyl sites for hydroxylation is 1. The third kappa shape index (κ3) is 2.19. The van der Waals surface area contributed by atoms with E-state index in [1.165, 1.54) is 12.8 Å². The molecule has 1 fully saturated rings. The lowest BCUT2D eigenvalue weighted by atomic mass is 10.1. The van der Waals surface area contributed by atoms with Crippen molar-refractivity contribution in [3.05, 3.63) is 22.7 Å². The fourth-order valence-corrected chi connectivity index (χ4v) is 2.43. The molecule has 18 heavy (non-hydrogen) atoms. The first-order valence-electron chi connectivity index (χ1n) is 6.24. The number of fused-ring (bicyclic) bond motifs is 1. The Morgan fingerprint density at radius 2 is 1.89 bits per heavy atom. The molecule has 2 aliphatic rings. The summed E-state index contributed by atoms with van der Waals surface area (Å²) in [6.45, 7) is 1.43. The quantitative estimate of drug-likeness (QED) is 0.789. The van der Waals surface area contributed by atoms with Gasteiger partial charge in [-0.25, -0.2) is 0 Å². The summed E-state index contributed by atoms with van der Waals surface area (Å²) >= 11 is 6.19. The first-order valence-corrected chi connectivity index (χ1v) is 6.62. The van der Waals surface area contributed by atoms with Crippen LogP contribution < -0.4 is 9.47 Å². The Balaban J connectivity index is 1.85. The van der Waals surface area contributed by atoms with E-state index < -0.39 is 0 Å². The summed E-state index contributed by atoms with van der Waals surface area (Å²) in [7, 11) is 0. The van der Waals surface area contributed by atoms with Crippen molar-refractivity contribution in [3.8, 4) is 11.5 Å². The fraction of sp³-hybridized carbons (Fsp3) is 0.500. The summed E-state index contributed by atoms with van der Waals surface area (Å²) in [6, 6.07) is 3.71. The maximum atomic E-state index is 10.4. The molecule has 0 unspecified atom stereocenters. The number of hydrogen-bond acceptors (Lipinski definition) is 3. The predicted octanol–water partition coefficient (Wildman–Crippen LogP) is 3.02. The normalized spacial score (nSPS) is 19.4. The van der Waals surface area contributed by atoms with Crippen LogP contribution in [0.4, 0.5) is 0 Å². The number of ether oxygens (including phenoxy) is 2. The largest absolute Gasteiger partial charge is 0.489 e. The molecule has 3 nitrogen and oxygen atoms in total. The highest BCUT2D eigenvalue weighted by Gasteiger charge is 2.46. The van der Waals surface area contributed by atoms with Gasteiger partial charge in [0.25, 0.3) is 0 Å². The van der Waals surface area contributed by atoms with Crippen molar-refractivity contribution >= 4 is 17.9 Å².